The second-order valence-corrected chi connectivity index (χ2v) is 5.13. The minimum atomic E-state index is -4.53. The van der Waals surface area contributed by atoms with Crippen LogP contribution in [0.25, 0.3) is 5.69 Å². The summed E-state index contributed by atoms with van der Waals surface area (Å²) in [6, 6.07) is 4.55. The summed E-state index contributed by atoms with van der Waals surface area (Å²) >= 11 is 11.1. The maximum absolute atomic E-state index is 12.7. The number of halogens is 5. The summed E-state index contributed by atoms with van der Waals surface area (Å²) in [7, 11) is 0. The molecule has 1 aromatic carbocycles. The van der Waals surface area contributed by atoms with Gasteiger partial charge in [-0.15, -0.1) is 0 Å². The lowest BCUT2D eigenvalue weighted by molar-refractivity contribution is -0.137. The van der Waals surface area contributed by atoms with Crippen molar-refractivity contribution in [1.29, 1.82) is 5.26 Å². The minimum absolute atomic E-state index is 0.0823. The molecule has 2 rings (SSSR count). The second-order valence-electron chi connectivity index (χ2n) is 4.30. The monoisotopic (exact) mass is 362 g/mol. The van der Waals surface area contributed by atoms with Crippen LogP contribution in [0, 0.1) is 11.3 Å². The van der Waals surface area contributed by atoms with Gasteiger partial charge in [-0.25, -0.2) is 4.68 Å². The smallest absolute Gasteiger partial charge is 0.360 e. The van der Waals surface area contributed by atoms with Crippen molar-refractivity contribution in [3.8, 4) is 11.8 Å². The van der Waals surface area contributed by atoms with Gasteiger partial charge in [-0.05, 0) is 29.8 Å². The maximum atomic E-state index is 12.7. The number of alkyl halides is 3. The topological polar surface area (TPSA) is 70.7 Å². The van der Waals surface area contributed by atoms with E-state index in [1.807, 2.05) is 6.07 Å². The molecule has 0 bridgehead atoms. The largest absolute Gasteiger partial charge is 0.416 e. The van der Waals surface area contributed by atoms with Gasteiger partial charge >= 0.3 is 6.18 Å². The highest BCUT2D eigenvalue weighted by Gasteiger charge is 2.31. The fraction of sp³-hybridized carbons (Fsp3) is 0.154. The first-order valence-corrected chi connectivity index (χ1v) is 6.77. The molecule has 0 unspecified atom stereocenters. The van der Waals surface area contributed by atoms with Gasteiger partial charge in [0.2, 0.25) is 5.24 Å². The summed E-state index contributed by atoms with van der Waals surface area (Å²) in [4.78, 5) is 10.8. The fourth-order valence-electron chi connectivity index (χ4n) is 1.79. The third kappa shape index (κ3) is 3.75. The van der Waals surface area contributed by atoms with Crippen LogP contribution in [0.4, 0.5) is 19.0 Å². The van der Waals surface area contributed by atoms with Gasteiger partial charge in [0.05, 0.1) is 29.0 Å². The number of carbonyl (C=O) groups excluding carboxylic acids is 1. The highest BCUT2D eigenvalue weighted by Crippen LogP contribution is 2.34. The number of aromatic nitrogens is 2. The molecule has 120 valence electrons. The van der Waals surface area contributed by atoms with E-state index in [9.17, 15) is 18.0 Å². The molecular formula is C13H7Cl2F3N4O. The van der Waals surface area contributed by atoms with Gasteiger partial charge in [0.15, 0.2) is 0 Å². The lowest BCUT2D eigenvalue weighted by atomic mass is 10.2. The van der Waals surface area contributed by atoms with Crippen molar-refractivity contribution in [2.45, 2.75) is 6.18 Å². The third-order valence-corrected chi connectivity index (χ3v) is 3.22. The summed E-state index contributed by atoms with van der Waals surface area (Å²) < 4.78 is 39.1. The van der Waals surface area contributed by atoms with Crippen LogP contribution >= 0.6 is 23.2 Å². The SMILES string of the molecule is N#Cc1cnn(-c2ccc(C(F)(F)F)cc2Cl)c1NCC(=O)Cl. The first-order valence-electron chi connectivity index (χ1n) is 6.01. The molecule has 0 atom stereocenters. The number of nitrogens with one attached hydrogen (secondary N) is 1. The first-order chi connectivity index (χ1) is 10.7. The lowest BCUT2D eigenvalue weighted by Gasteiger charge is -2.13. The van der Waals surface area contributed by atoms with Crippen molar-refractivity contribution >= 4 is 34.3 Å². The summed E-state index contributed by atoms with van der Waals surface area (Å²) in [6.07, 6.45) is -3.34. The van der Waals surface area contributed by atoms with Crippen LogP contribution < -0.4 is 5.32 Å². The van der Waals surface area contributed by atoms with Gasteiger partial charge in [0, 0.05) is 0 Å². The van der Waals surface area contributed by atoms with Crippen molar-refractivity contribution in [2.24, 2.45) is 0 Å². The maximum Gasteiger partial charge on any atom is 0.416 e. The Bertz CT molecular complexity index is 795. The molecule has 0 radical (unpaired) electrons. The van der Waals surface area contributed by atoms with E-state index in [2.05, 4.69) is 10.4 Å². The number of hydrogen-bond donors (Lipinski definition) is 1. The number of hydrogen-bond acceptors (Lipinski definition) is 4. The molecule has 23 heavy (non-hydrogen) atoms. The van der Waals surface area contributed by atoms with Gasteiger partial charge < -0.3 is 5.32 Å². The Balaban J connectivity index is 2.48. The molecule has 0 amide bonds. The van der Waals surface area contributed by atoms with Crippen LogP contribution in [-0.4, -0.2) is 21.6 Å². The molecule has 1 heterocycles. The molecule has 0 aliphatic carbocycles. The average molecular weight is 363 g/mol. The second kappa shape index (κ2) is 6.48. The van der Waals surface area contributed by atoms with E-state index < -0.39 is 17.0 Å². The highest BCUT2D eigenvalue weighted by molar-refractivity contribution is 6.64. The molecule has 0 saturated heterocycles. The predicted molar refractivity (Wildman–Crippen MR) is 77.6 cm³/mol. The summed E-state index contributed by atoms with van der Waals surface area (Å²) in [5.74, 6) is 0.100. The van der Waals surface area contributed by atoms with Gasteiger partial charge in [0.25, 0.3) is 0 Å². The number of rotatable bonds is 4. The Hall–Kier alpha value is -2.24. The predicted octanol–water partition coefficient (Wildman–Crippen LogP) is 3.59. The molecule has 1 aromatic heterocycles. The van der Waals surface area contributed by atoms with Crippen molar-refractivity contribution < 1.29 is 18.0 Å². The van der Waals surface area contributed by atoms with Crippen LogP contribution in [0.2, 0.25) is 5.02 Å². The number of anilines is 1. The standard InChI is InChI=1S/C13H7Cl2F3N4O/c14-9-3-8(13(16,17)18)1-2-10(9)22-12(20-6-11(15)23)7(4-19)5-21-22/h1-3,5,20H,6H2. The molecule has 0 aliphatic heterocycles. The number of benzene rings is 1. The number of nitrogens with zero attached hydrogens (tertiary/aromatic N) is 3. The van der Waals surface area contributed by atoms with E-state index >= 15 is 0 Å². The molecule has 0 fully saturated rings. The summed E-state index contributed by atoms with van der Waals surface area (Å²) in [5.41, 5.74) is -0.714. The van der Waals surface area contributed by atoms with Gasteiger partial charge in [-0.2, -0.15) is 23.5 Å². The lowest BCUT2D eigenvalue weighted by Crippen LogP contribution is -2.13. The van der Waals surface area contributed by atoms with Crippen molar-refractivity contribution in [2.75, 3.05) is 11.9 Å². The van der Waals surface area contributed by atoms with Crippen molar-refractivity contribution in [1.82, 2.24) is 9.78 Å². The average Bonchev–Trinajstić information content (AvgIpc) is 2.86. The van der Waals surface area contributed by atoms with E-state index in [0.29, 0.717) is 0 Å². The minimum Gasteiger partial charge on any atom is -0.360 e. The molecule has 0 spiro atoms. The van der Waals surface area contributed by atoms with E-state index in [1.54, 1.807) is 0 Å². The first kappa shape index (κ1) is 17.1. The van der Waals surface area contributed by atoms with Gasteiger partial charge in [0.1, 0.15) is 17.5 Å². The number of nitriles is 1. The van der Waals surface area contributed by atoms with Gasteiger partial charge in [-0.3, -0.25) is 4.79 Å². The third-order valence-electron chi connectivity index (χ3n) is 2.79. The molecular weight excluding hydrogens is 356 g/mol. The Morgan fingerprint density at radius 1 is 1.43 bits per heavy atom. The molecule has 1 N–H and O–H groups in total. The van der Waals surface area contributed by atoms with Crippen molar-refractivity contribution in [3.63, 3.8) is 0 Å². The van der Waals surface area contributed by atoms with Crippen LogP contribution in [0.1, 0.15) is 11.1 Å². The van der Waals surface area contributed by atoms with E-state index in [0.717, 1.165) is 22.9 Å². The Kier molecular flexibility index (Phi) is 4.82. The van der Waals surface area contributed by atoms with E-state index in [1.165, 1.54) is 6.20 Å². The quantitative estimate of drug-likeness (QED) is 0.843. The molecule has 5 nitrogen and oxygen atoms in total. The summed E-state index contributed by atoms with van der Waals surface area (Å²) in [5, 5.41) is 14.6. The Morgan fingerprint density at radius 2 is 2.13 bits per heavy atom. The normalized spacial score (nSPS) is 11.1. The summed E-state index contributed by atoms with van der Waals surface area (Å²) in [6.45, 7) is -0.291. The molecule has 2 aromatic rings. The number of carbonyl (C=O) groups is 1. The van der Waals surface area contributed by atoms with E-state index in [4.69, 9.17) is 28.5 Å². The highest BCUT2D eigenvalue weighted by atomic mass is 35.5. The van der Waals surface area contributed by atoms with Crippen LogP contribution in [0.15, 0.2) is 24.4 Å². The Labute approximate surface area is 138 Å². The molecule has 0 aliphatic rings. The Morgan fingerprint density at radius 3 is 2.65 bits per heavy atom. The molecule has 0 saturated carbocycles. The van der Waals surface area contributed by atoms with Crippen LogP contribution in [-0.2, 0) is 11.0 Å². The zero-order valence-corrected chi connectivity index (χ0v) is 12.7. The van der Waals surface area contributed by atoms with Gasteiger partial charge in [-0.1, -0.05) is 11.6 Å². The van der Waals surface area contributed by atoms with E-state index in [-0.39, 0.29) is 28.6 Å². The van der Waals surface area contributed by atoms with Crippen LogP contribution in [0.3, 0.4) is 0 Å². The zero-order chi connectivity index (χ0) is 17.2. The zero-order valence-electron chi connectivity index (χ0n) is 11.2. The molecule has 10 heteroatoms. The van der Waals surface area contributed by atoms with Crippen molar-refractivity contribution in [3.05, 3.63) is 40.5 Å². The fourth-order valence-corrected chi connectivity index (χ4v) is 2.12. The van der Waals surface area contributed by atoms with Crippen LogP contribution in [0.5, 0.6) is 0 Å².